The van der Waals surface area contributed by atoms with Crippen molar-refractivity contribution in [3.63, 3.8) is 0 Å². The Morgan fingerprint density at radius 1 is 1.06 bits per heavy atom. The predicted octanol–water partition coefficient (Wildman–Crippen LogP) is 5.48. The summed E-state index contributed by atoms with van der Waals surface area (Å²) in [5, 5.41) is 6.43. The van der Waals surface area contributed by atoms with Gasteiger partial charge >= 0.3 is 0 Å². The molecule has 2 aromatic heterocycles. The molecule has 0 bridgehead atoms. The smallest absolute Gasteiger partial charge is 0.255 e. The number of hydrogen-bond donors (Lipinski definition) is 2. The van der Waals surface area contributed by atoms with Crippen LogP contribution in [0.5, 0.6) is 0 Å². The molecule has 6 heteroatoms. The molecule has 6 nitrogen and oxygen atoms in total. The Balaban J connectivity index is 1.65. The number of anilines is 2. The molecule has 1 aliphatic rings. The molecule has 5 rings (SSSR count). The number of nitrogens with zero attached hydrogens (tertiary/aromatic N) is 2. The highest BCUT2D eigenvalue weighted by Gasteiger charge is 2.36. The third-order valence-corrected chi connectivity index (χ3v) is 5.74. The summed E-state index contributed by atoms with van der Waals surface area (Å²) in [4.78, 5) is 18.3. The molecule has 0 fully saturated rings. The minimum Gasteiger partial charge on any atom is -0.464 e. The summed E-state index contributed by atoms with van der Waals surface area (Å²) in [5.74, 6) is 2.03. The minimum absolute atomic E-state index is 0.167. The number of imidazole rings is 1. The quantitative estimate of drug-likeness (QED) is 0.467. The fourth-order valence-corrected chi connectivity index (χ4v) is 4.27. The molecule has 2 aromatic carbocycles. The van der Waals surface area contributed by atoms with Gasteiger partial charge < -0.3 is 15.1 Å². The van der Waals surface area contributed by atoms with Crippen LogP contribution in [0.4, 0.5) is 11.6 Å². The van der Waals surface area contributed by atoms with Crippen molar-refractivity contribution < 1.29 is 9.21 Å². The molecule has 0 aliphatic carbocycles. The lowest BCUT2D eigenvalue weighted by molar-refractivity contribution is -0.113. The van der Waals surface area contributed by atoms with Gasteiger partial charge in [-0.2, -0.15) is 0 Å². The molecule has 3 heterocycles. The number of aryl methyl sites for hydroxylation is 3. The van der Waals surface area contributed by atoms with Crippen molar-refractivity contribution in [2.45, 2.75) is 33.7 Å². The number of hydrogen-bond acceptors (Lipinski definition) is 4. The molecule has 4 aromatic rings. The highest BCUT2D eigenvalue weighted by molar-refractivity contribution is 6.06. The van der Waals surface area contributed by atoms with E-state index in [1.165, 1.54) is 0 Å². The minimum atomic E-state index is -0.428. The van der Waals surface area contributed by atoms with E-state index in [0.29, 0.717) is 17.3 Å². The Hall–Kier alpha value is -3.80. The van der Waals surface area contributed by atoms with E-state index < -0.39 is 6.04 Å². The highest BCUT2D eigenvalue weighted by Crippen LogP contribution is 2.40. The number of nitrogens with one attached hydrogen (secondary N) is 2. The molecule has 2 N–H and O–H groups in total. The average molecular weight is 412 g/mol. The van der Waals surface area contributed by atoms with Crippen molar-refractivity contribution in [3.8, 4) is 0 Å². The number of carbonyl (C=O) groups is 1. The highest BCUT2D eigenvalue weighted by atomic mass is 16.3. The van der Waals surface area contributed by atoms with E-state index in [-0.39, 0.29) is 5.91 Å². The van der Waals surface area contributed by atoms with Crippen molar-refractivity contribution in [1.82, 2.24) is 9.55 Å². The van der Waals surface area contributed by atoms with Gasteiger partial charge in [-0.1, -0.05) is 29.8 Å². The van der Waals surface area contributed by atoms with Gasteiger partial charge in [0.05, 0.1) is 16.6 Å². The summed E-state index contributed by atoms with van der Waals surface area (Å²) in [5.41, 5.74) is 6.13. The van der Waals surface area contributed by atoms with E-state index in [1.807, 2.05) is 80.8 Å². The molecule has 0 radical (unpaired) electrons. The third kappa shape index (κ3) is 3.20. The van der Waals surface area contributed by atoms with E-state index in [0.717, 1.165) is 39.3 Å². The van der Waals surface area contributed by atoms with Crippen LogP contribution in [-0.2, 0) is 4.79 Å². The third-order valence-electron chi connectivity index (χ3n) is 5.74. The van der Waals surface area contributed by atoms with E-state index in [4.69, 9.17) is 9.40 Å². The Kier molecular flexibility index (Phi) is 4.43. The van der Waals surface area contributed by atoms with Crippen molar-refractivity contribution >= 4 is 28.6 Å². The summed E-state index contributed by atoms with van der Waals surface area (Å²) in [6.07, 6.45) is 0. The first kappa shape index (κ1) is 19.2. The molecule has 31 heavy (non-hydrogen) atoms. The van der Waals surface area contributed by atoms with E-state index in [1.54, 1.807) is 0 Å². The average Bonchev–Trinajstić information content (AvgIpc) is 3.32. The van der Waals surface area contributed by atoms with Gasteiger partial charge in [0.2, 0.25) is 5.95 Å². The summed E-state index contributed by atoms with van der Waals surface area (Å²) >= 11 is 0. The van der Waals surface area contributed by atoms with Crippen molar-refractivity contribution in [2.24, 2.45) is 0 Å². The van der Waals surface area contributed by atoms with Gasteiger partial charge in [0.25, 0.3) is 5.91 Å². The normalized spacial score (nSPS) is 15.7. The molecular formula is C25H24N4O2. The van der Waals surface area contributed by atoms with Crippen molar-refractivity contribution in [3.05, 3.63) is 88.5 Å². The molecule has 156 valence electrons. The van der Waals surface area contributed by atoms with Crippen LogP contribution in [0, 0.1) is 20.8 Å². The molecule has 1 aliphatic heterocycles. The maximum absolute atomic E-state index is 13.6. The second-order valence-electron chi connectivity index (χ2n) is 8.08. The van der Waals surface area contributed by atoms with Gasteiger partial charge in [0.1, 0.15) is 17.6 Å². The molecule has 0 saturated heterocycles. The molecule has 1 atom stereocenters. The lowest BCUT2D eigenvalue weighted by Gasteiger charge is -2.29. The number of carbonyl (C=O) groups excluding carboxylic acids is 1. The zero-order valence-electron chi connectivity index (χ0n) is 18.0. The molecule has 0 spiro atoms. The van der Waals surface area contributed by atoms with Crippen LogP contribution in [0.15, 0.2) is 70.3 Å². The number of rotatable bonds is 3. The van der Waals surface area contributed by atoms with Gasteiger partial charge in [-0.3, -0.25) is 9.36 Å². The first-order valence-corrected chi connectivity index (χ1v) is 10.3. The van der Waals surface area contributed by atoms with Crippen LogP contribution >= 0.6 is 0 Å². The molecule has 1 amide bonds. The SMILES string of the molecule is CC1=C(C(=O)Nc2ccc(C)cc2C)C(c2ccc(C)o2)n2c(nc3ccccc32)N1. The van der Waals surface area contributed by atoms with E-state index in [9.17, 15) is 4.79 Å². The number of fused-ring (bicyclic) bond motifs is 3. The van der Waals surface area contributed by atoms with Gasteiger partial charge in [0, 0.05) is 11.4 Å². The number of benzene rings is 2. The Bertz CT molecular complexity index is 1360. The monoisotopic (exact) mass is 412 g/mol. The van der Waals surface area contributed by atoms with Crippen LogP contribution in [0.1, 0.15) is 35.6 Å². The molecule has 0 saturated carbocycles. The summed E-state index contributed by atoms with van der Waals surface area (Å²) in [6, 6.07) is 17.3. The summed E-state index contributed by atoms with van der Waals surface area (Å²) < 4.78 is 8.07. The van der Waals surface area contributed by atoms with Crippen LogP contribution in [-0.4, -0.2) is 15.5 Å². The van der Waals surface area contributed by atoms with E-state index in [2.05, 4.69) is 16.7 Å². The summed E-state index contributed by atoms with van der Waals surface area (Å²) in [7, 11) is 0. The van der Waals surface area contributed by atoms with E-state index >= 15 is 0 Å². The van der Waals surface area contributed by atoms with Gasteiger partial charge in [-0.25, -0.2) is 4.98 Å². The second kappa shape index (κ2) is 7.16. The van der Waals surface area contributed by atoms with Crippen LogP contribution in [0.25, 0.3) is 11.0 Å². The number of furan rings is 1. The van der Waals surface area contributed by atoms with Crippen LogP contribution < -0.4 is 10.6 Å². The Labute approximate surface area is 180 Å². The van der Waals surface area contributed by atoms with Crippen molar-refractivity contribution in [1.29, 1.82) is 0 Å². The van der Waals surface area contributed by atoms with Crippen LogP contribution in [0.3, 0.4) is 0 Å². The maximum Gasteiger partial charge on any atom is 0.255 e. The van der Waals surface area contributed by atoms with Crippen LogP contribution in [0.2, 0.25) is 0 Å². The number of amides is 1. The van der Waals surface area contributed by atoms with Gasteiger partial charge in [-0.05, 0) is 63.6 Å². The topological polar surface area (TPSA) is 72.1 Å². The zero-order valence-corrected chi connectivity index (χ0v) is 18.0. The summed E-state index contributed by atoms with van der Waals surface area (Å²) in [6.45, 7) is 7.85. The number of para-hydroxylation sites is 2. The lowest BCUT2D eigenvalue weighted by atomic mass is 9.98. The fourth-order valence-electron chi connectivity index (χ4n) is 4.27. The first-order valence-electron chi connectivity index (χ1n) is 10.3. The molecular weight excluding hydrogens is 388 g/mol. The standard InChI is InChI=1S/C25H24N4O2/c1-14-9-11-18(15(2)13-14)27-24(30)22-17(4)26-25-28-19-7-5-6-8-20(19)29(25)23(22)21-12-10-16(3)31-21/h5-13,23H,1-4H3,(H,26,28)(H,27,30). The lowest BCUT2D eigenvalue weighted by Crippen LogP contribution is -2.30. The fraction of sp³-hybridized carbons (Fsp3) is 0.200. The zero-order chi connectivity index (χ0) is 21.7. The molecule has 1 unspecified atom stereocenters. The Morgan fingerprint density at radius 2 is 1.87 bits per heavy atom. The number of allylic oxidation sites excluding steroid dienone is 1. The predicted molar refractivity (Wildman–Crippen MR) is 122 cm³/mol. The maximum atomic E-state index is 13.6. The van der Waals surface area contributed by atoms with Gasteiger partial charge in [0.15, 0.2) is 0 Å². The number of aromatic nitrogens is 2. The first-order chi connectivity index (χ1) is 14.9. The van der Waals surface area contributed by atoms with Gasteiger partial charge in [-0.15, -0.1) is 0 Å². The van der Waals surface area contributed by atoms with Crippen molar-refractivity contribution in [2.75, 3.05) is 10.6 Å². The second-order valence-corrected chi connectivity index (χ2v) is 8.08. The largest absolute Gasteiger partial charge is 0.464 e. The Morgan fingerprint density at radius 3 is 2.61 bits per heavy atom.